The topological polar surface area (TPSA) is 37.2 Å². The predicted octanol–water partition coefficient (Wildman–Crippen LogP) is -1.65. The molecule has 1 aliphatic heterocycles. The molecule has 1 heterocycles. The normalized spacial score (nSPS) is 19.2. The maximum absolute atomic E-state index is 11.1. The van der Waals surface area contributed by atoms with Gasteiger partial charge in [0.15, 0.2) is 0 Å². The number of allylic oxidation sites excluding steroid dienone is 5. The summed E-state index contributed by atoms with van der Waals surface area (Å²) in [4.78, 5) is 0. The van der Waals surface area contributed by atoms with E-state index in [1.807, 2.05) is 18.2 Å². The van der Waals surface area contributed by atoms with Crippen LogP contribution in [0.4, 0.5) is 0 Å². The maximum atomic E-state index is 11.1. The van der Waals surface area contributed by atoms with Crippen molar-refractivity contribution in [1.82, 2.24) is 0 Å². The van der Waals surface area contributed by atoms with Gasteiger partial charge < -0.3 is 10.4 Å². The van der Waals surface area contributed by atoms with E-state index >= 15 is 0 Å². The molecule has 0 aromatic heterocycles. The fraction of sp³-hybridized carbons (Fsp3) is 0.111. The van der Waals surface area contributed by atoms with E-state index in [1.54, 1.807) is 12.3 Å². The molecule has 0 saturated heterocycles. The quantitative estimate of drug-likeness (QED) is 0.383. The van der Waals surface area contributed by atoms with Crippen molar-refractivity contribution in [2.45, 2.75) is 6.42 Å². The molecule has 12 heavy (non-hydrogen) atoms. The largest absolute Gasteiger partial charge is 1.00 e. The van der Waals surface area contributed by atoms with E-state index in [-0.39, 0.29) is 24.6 Å². The van der Waals surface area contributed by atoms with Crippen molar-refractivity contribution in [1.29, 1.82) is 0 Å². The Hall–Kier alpha value is -0.843. The van der Waals surface area contributed by atoms with Gasteiger partial charge in [0.1, 0.15) is 0 Å². The summed E-state index contributed by atoms with van der Waals surface area (Å²) in [6.45, 7) is 0. The first kappa shape index (κ1) is 9.25. The predicted molar refractivity (Wildman–Crippen MR) is 41.4 cm³/mol. The van der Waals surface area contributed by atoms with E-state index in [2.05, 4.69) is 5.32 Å². The second-order valence-electron chi connectivity index (χ2n) is 2.48. The van der Waals surface area contributed by atoms with Crippen LogP contribution in [-0.2, 0) is 0 Å². The summed E-state index contributed by atoms with van der Waals surface area (Å²) in [5, 5.41) is 15.1. The van der Waals surface area contributed by atoms with Gasteiger partial charge in [0, 0.05) is 0 Å². The van der Waals surface area contributed by atoms with E-state index in [0.29, 0.717) is 5.70 Å². The first-order valence-corrected chi connectivity index (χ1v) is 3.53. The molecule has 3 heteroatoms. The first-order chi connectivity index (χ1) is 5.38. The Morgan fingerprint density at radius 3 is 3.00 bits per heavy atom. The van der Waals surface area contributed by atoms with Crippen molar-refractivity contribution >= 4 is 0 Å². The maximum Gasteiger partial charge on any atom is 1.00 e. The van der Waals surface area contributed by atoms with E-state index in [1.165, 1.54) is 0 Å². The van der Waals surface area contributed by atoms with Crippen LogP contribution in [0.25, 0.3) is 5.32 Å². The summed E-state index contributed by atoms with van der Waals surface area (Å²) in [5.74, 6) is 0.0202. The molecule has 56 valence electrons. The fourth-order valence-electron chi connectivity index (χ4n) is 1.20. The van der Waals surface area contributed by atoms with Crippen LogP contribution in [0.5, 0.6) is 0 Å². The SMILES string of the molecule is [Li+].[O-]C1=C2[N-]C=CC=C2CC=C1. The van der Waals surface area contributed by atoms with Crippen molar-refractivity contribution in [3.63, 3.8) is 0 Å². The van der Waals surface area contributed by atoms with Gasteiger partial charge in [-0.1, -0.05) is 29.9 Å². The van der Waals surface area contributed by atoms with Crippen molar-refractivity contribution < 1.29 is 24.0 Å². The van der Waals surface area contributed by atoms with Crippen LogP contribution in [0.1, 0.15) is 6.42 Å². The number of rotatable bonds is 0. The molecule has 0 aromatic rings. The van der Waals surface area contributed by atoms with Gasteiger partial charge in [0.05, 0.1) is 0 Å². The van der Waals surface area contributed by atoms with Gasteiger partial charge >= 0.3 is 18.9 Å². The Balaban J connectivity index is 0.000000720. The fourth-order valence-corrected chi connectivity index (χ4v) is 1.20. The van der Waals surface area contributed by atoms with Crippen LogP contribution in [-0.4, -0.2) is 0 Å². The molecule has 0 radical (unpaired) electrons. The monoisotopic (exact) mass is 152 g/mol. The summed E-state index contributed by atoms with van der Waals surface area (Å²) in [7, 11) is 0. The molecule has 0 bridgehead atoms. The number of fused-ring (bicyclic) bond motifs is 1. The minimum absolute atomic E-state index is 0. The number of hydrogen-bond acceptors (Lipinski definition) is 1. The third-order valence-corrected chi connectivity index (χ3v) is 1.73. The molecule has 0 fully saturated rings. The number of hydrogen-bond donors (Lipinski definition) is 0. The smallest absolute Gasteiger partial charge is 0.873 e. The minimum Gasteiger partial charge on any atom is -0.873 e. The molecule has 2 rings (SSSR count). The van der Waals surface area contributed by atoms with Crippen LogP contribution in [0, 0.1) is 0 Å². The van der Waals surface area contributed by atoms with Crippen LogP contribution < -0.4 is 24.0 Å². The molecule has 1 aliphatic carbocycles. The van der Waals surface area contributed by atoms with E-state index in [4.69, 9.17) is 0 Å². The summed E-state index contributed by atoms with van der Waals surface area (Å²) in [5.41, 5.74) is 1.63. The summed E-state index contributed by atoms with van der Waals surface area (Å²) < 4.78 is 0. The van der Waals surface area contributed by atoms with E-state index in [0.717, 1.165) is 12.0 Å². The second-order valence-corrected chi connectivity index (χ2v) is 2.48. The molecule has 2 aliphatic rings. The van der Waals surface area contributed by atoms with Gasteiger partial charge in [-0.2, -0.15) is 6.20 Å². The molecule has 0 amide bonds. The van der Waals surface area contributed by atoms with Gasteiger partial charge in [-0.05, 0) is 6.42 Å². The average Bonchev–Trinajstić information content (AvgIpc) is 2.06. The Bertz CT molecular complexity index is 300. The van der Waals surface area contributed by atoms with Crippen LogP contribution in [0.15, 0.2) is 47.5 Å². The molecule has 0 saturated carbocycles. The van der Waals surface area contributed by atoms with Gasteiger partial charge in [-0.15, -0.1) is 11.5 Å². The zero-order chi connectivity index (χ0) is 7.68. The zero-order valence-corrected chi connectivity index (χ0v) is 6.95. The van der Waals surface area contributed by atoms with Gasteiger partial charge in [0.2, 0.25) is 0 Å². The van der Waals surface area contributed by atoms with E-state index in [9.17, 15) is 5.11 Å². The summed E-state index contributed by atoms with van der Waals surface area (Å²) >= 11 is 0. The minimum atomic E-state index is 0. The van der Waals surface area contributed by atoms with Gasteiger partial charge in [-0.3, -0.25) is 0 Å². The average molecular weight is 152 g/mol. The second kappa shape index (κ2) is 3.71. The zero-order valence-electron chi connectivity index (χ0n) is 6.95. The Labute approximate surface area is 83.5 Å². The third-order valence-electron chi connectivity index (χ3n) is 1.73. The Morgan fingerprint density at radius 2 is 2.25 bits per heavy atom. The third kappa shape index (κ3) is 1.50. The van der Waals surface area contributed by atoms with Crippen molar-refractivity contribution in [3.05, 3.63) is 52.9 Å². The molecule has 0 N–H and O–H groups in total. The van der Waals surface area contributed by atoms with Gasteiger partial charge in [0.25, 0.3) is 0 Å². The number of nitrogens with zero attached hydrogens (tertiary/aromatic N) is 1. The first-order valence-electron chi connectivity index (χ1n) is 3.53. The van der Waals surface area contributed by atoms with Gasteiger partial charge in [-0.25, -0.2) is 0 Å². The molecule has 0 unspecified atom stereocenters. The van der Waals surface area contributed by atoms with Crippen molar-refractivity contribution in [2.24, 2.45) is 0 Å². The molecular formula is C9H7LiNO-. The summed E-state index contributed by atoms with van der Waals surface area (Å²) in [6.07, 6.45) is 9.71. The Morgan fingerprint density at radius 1 is 1.42 bits per heavy atom. The molecule has 2 nitrogen and oxygen atoms in total. The molecule has 0 atom stereocenters. The molecule has 0 aromatic carbocycles. The van der Waals surface area contributed by atoms with Crippen molar-refractivity contribution in [2.75, 3.05) is 0 Å². The molecular weight excluding hydrogens is 145 g/mol. The summed E-state index contributed by atoms with van der Waals surface area (Å²) in [6, 6.07) is 0. The van der Waals surface area contributed by atoms with Crippen LogP contribution >= 0.6 is 0 Å². The molecule has 0 spiro atoms. The van der Waals surface area contributed by atoms with Crippen molar-refractivity contribution in [3.8, 4) is 0 Å². The Kier molecular flexibility index (Phi) is 2.86. The van der Waals surface area contributed by atoms with Crippen LogP contribution in [0.3, 0.4) is 0 Å². The van der Waals surface area contributed by atoms with E-state index < -0.39 is 0 Å². The van der Waals surface area contributed by atoms with Crippen LogP contribution in [0.2, 0.25) is 0 Å². The standard InChI is InChI=1S/C9H8NO.Li/c11-8-5-1-3-7-4-2-6-10-9(7)8;/h1-2,4-6,11H,3H2;/q-1;+1/p-1.